The highest BCUT2D eigenvalue weighted by molar-refractivity contribution is 9.10. The molecule has 0 saturated carbocycles. The lowest BCUT2D eigenvalue weighted by Gasteiger charge is -2.34. The molecule has 2 aromatic rings. The fraction of sp³-hybridized carbons (Fsp3) is 0.263. The van der Waals surface area contributed by atoms with Crippen molar-refractivity contribution in [1.29, 1.82) is 0 Å². The highest BCUT2D eigenvalue weighted by Crippen LogP contribution is 2.33. The zero-order chi connectivity index (χ0) is 16.7. The van der Waals surface area contributed by atoms with E-state index in [0.29, 0.717) is 5.69 Å². The average Bonchev–Trinajstić information content (AvgIpc) is 2.90. The number of halogens is 1. The van der Waals surface area contributed by atoms with Gasteiger partial charge >= 0.3 is 0 Å². The topological polar surface area (TPSA) is 40.6 Å². The maximum Gasteiger partial charge on any atom is 0.256 e. The maximum atomic E-state index is 13.0. The number of imide groups is 1. The number of anilines is 2. The molecule has 0 radical (unpaired) electrons. The van der Waals surface area contributed by atoms with Gasteiger partial charge < -0.3 is 4.90 Å². The van der Waals surface area contributed by atoms with E-state index in [1.165, 1.54) is 10.5 Å². The molecule has 0 spiro atoms. The highest BCUT2D eigenvalue weighted by Gasteiger charge is 2.43. The van der Waals surface area contributed by atoms with Crippen LogP contribution in [0, 0.1) is 0 Å². The summed E-state index contributed by atoms with van der Waals surface area (Å²) in [5.41, 5.74) is 2.99. The molecule has 24 heavy (non-hydrogen) atoms. The van der Waals surface area contributed by atoms with E-state index in [2.05, 4.69) is 33.0 Å². The third kappa shape index (κ3) is 2.53. The third-order valence-electron chi connectivity index (χ3n) is 4.73. The van der Waals surface area contributed by atoms with Gasteiger partial charge in [0.25, 0.3) is 5.91 Å². The van der Waals surface area contributed by atoms with Gasteiger partial charge in [0.05, 0.1) is 12.1 Å². The first kappa shape index (κ1) is 15.4. The molecular formula is C19H17BrN2O2. The lowest BCUT2D eigenvalue weighted by atomic mass is 9.99. The number of benzene rings is 2. The van der Waals surface area contributed by atoms with E-state index in [1.807, 2.05) is 24.3 Å². The molecule has 1 saturated heterocycles. The van der Waals surface area contributed by atoms with Crippen LogP contribution < -0.4 is 9.80 Å². The van der Waals surface area contributed by atoms with Crippen LogP contribution in [0.25, 0.3) is 0 Å². The molecule has 2 aliphatic heterocycles. The van der Waals surface area contributed by atoms with E-state index in [9.17, 15) is 9.59 Å². The van der Waals surface area contributed by atoms with Crippen molar-refractivity contribution in [1.82, 2.24) is 0 Å². The molecule has 122 valence electrons. The van der Waals surface area contributed by atoms with Gasteiger partial charge in [0.15, 0.2) is 0 Å². The van der Waals surface area contributed by atoms with Crippen molar-refractivity contribution >= 4 is 39.1 Å². The minimum absolute atomic E-state index is 0.126. The van der Waals surface area contributed by atoms with Crippen molar-refractivity contribution in [3.63, 3.8) is 0 Å². The molecule has 4 nitrogen and oxygen atoms in total. The van der Waals surface area contributed by atoms with Crippen LogP contribution in [0.3, 0.4) is 0 Å². The first-order chi connectivity index (χ1) is 11.6. The van der Waals surface area contributed by atoms with Gasteiger partial charge in [0, 0.05) is 16.7 Å². The number of carbonyl (C=O) groups excluding carboxylic acids is 2. The molecule has 0 N–H and O–H groups in total. The highest BCUT2D eigenvalue weighted by atomic mass is 79.9. The van der Waals surface area contributed by atoms with E-state index in [-0.39, 0.29) is 18.2 Å². The Morgan fingerprint density at radius 2 is 1.75 bits per heavy atom. The van der Waals surface area contributed by atoms with E-state index in [0.717, 1.165) is 29.5 Å². The molecule has 0 bridgehead atoms. The Morgan fingerprint density at radius 3 is 2.54 bits per heavy atom. The summed E-state index contributed by atoms with van der Waals surface area (Å²) in [6.45, 7) is 0.814. The quantitative estimate of drug-likeness (QED) is 0.743. The second-order valence-electron chi connectivity index (χ2n) is 6.19. The van der Waals surface area contributed by atoms with Crippen molar-refractivity contribution in [2.75, 3.05) is 16.3 Å². The molecule has 1 atom stereocenters. The Labute approximate surface area is 149 Å². The standard InChI is InChI=1S/C19H17BrN2O2/c20-14-7-9-15(10-8-14)22-18(23)12-17(19(22)24)21-11-3-5-13-4-1-2-6-16(13)21/h1-2,4,6-10,17H,3,5,11-12H2/t17-/m0/s1. The van der Waals surface area contributed by atoms with Crippen LogP contribution in [0.1, 0.15) is 18.4 Å². The molecule has 0 unspecified atom stereocenters. The Hall–Kier alpha value is -2.14. The van der Waals surface area contributed by atoms with Crippen LogP contribution in [0.2, 0.25) is 0 Å². The lowest BCUT2D eigenvalue weighted by Crippen LogP contribution is -2.44. The van der Waals surface area contributed by atoms with Crippen LogP contribution in [0.15, 0.2) is 53.0 Å². The van der Waals surface area contributed by atoms with Crippen LogP contribution in [-0.4, -0.2) is 24.4 Å². The summed E-state index contributed by atoms with van der Waals surface area (Å²) in [4.78, 5) is 28.9. The zero-order valence-electron chi connectivity index (χ0n) is 13.1. The van der Waals surface area contributed by atoms with Gasteiger partial charge in [-0.15, -0.1) is 0 Å². The number of amides is 2. The Morgan fingerprint density at radius 1 is 1.00 bits per heavy atom. The summed E-state index contributed by atoms with van der Waals surface area (Å²) in [5, 5.41) is 0. The SMILES string of the molecule is O=C1C[C@H](N2CCCc3ccccc32)C(=O)N1c1ccc(Br)cc1. The number of nitrogens with zero attached hydrogens (tertiary/aromatic N) is 2. The minimum Gasteiger partial charge on any atom is -0.359 e. The molecule has 2 aromatic carbocycles. The number of hydrogen-bond acceptors (Lipinski definition) is 3. The van der Waals surface area contributed by atoms with Crippen molar-refractivity contribution in [2.24, 2.45) is 0 Å². The smallest absolute Gasteiger partial charge is 0.256 e. The van der Waals surface area contributed by atoms with Crippen LogP contribution in [0.5, 0.6) is 0 Å². The van der Waals surface area contributed by atoms with Gasteiger partial charge in [-0.1, -0.05) is 34.1 Å². The van der Waals surface area contributed by atoms with Gasteiger partial charge in [0.1, 0.15) is 6.04 Å². The van der Waals surface area contributed by atoms with E-state index in [4.69, 9.17) is 0 Å². The van der Waals surface area contributed by atoms with Crippen molar-refractivity contribution in [3.8, 4) is 0 Å². The van der Waals surface area contributed by atoms with E-state index < -0.39 is 6.04 Å². The normalized spacial score (nSPS) is 20.5. The molecule has 0 aromatic heterocycles. The minimum atomic E-state index is -0.400. The summed E-state index contributed by atoms with van der Waals surface area (Å²) in [5.74, 6) is -0.255. The number of hydrogen-bond donors (Lipinski definition) is 0. The van der Waals surface area contributed by atoms with Crippen molar-refractivity contribution in [3.05, 3.63) is 58.6 Å². The third-order valence-corrected chi connectivity index (χ3v) is 5.26. The fourth-order valence-corrected chi connectivity index (χ4v) is 3.87. The van der Waals surface area contributed by atoms with Gasteiger partial charge in [-0.3, -0.25) is 9.59 Å². The predicted molar refractivity (Wildman–Crippen MR) is 97.1 cm³/mol. The molecule has 2 heterocycles. The molecular weight excluding hydrogens is 368 g/mol. The number of fused-ring (bicyclic) bond motifs is 1. The largest absolute Gasteiger partial charge is 0.359 e. The lowest BCUT2D eigenvalue weighted by molar-refractivity contribution is -0.121. The first-order valence-electron chi connectivity index (χ1n) is 8.12. The number of aryl methyl sites for hydroxylation is 1. The Balaban J connectivity index is 1.66. The summed E-state index contributed by atoms with van der Waals surface area (Å²) >= 11 is 3.38. The van der Waals surface area contributed by atoms with Gasteiger partial charge in [-0.2, -0.15) is 0 Å². The maximum absolute atomic E-state index is 13.0. The van der Waals surface area contributed by atoms with Crippen LogP contribution in [-0.2, 0) is 16.0 Å². The molecule has 1 fully saturated rings. The van der Waals surface area contributed by atoms with Crippen molar-refractivity contribution in [2.45, 2.75) is 25.3 Å². The average molecular weight is 385 g/mol. The summed E-state index contributed by atoms with van der Waals surface area (Å²) in [7, 11) is 0. The number of rotatable bonds is 2. The molecule has 4 rings (SSSR count). The first-order valence-corrected chi connectivity index (χ1v) is 8.91. The predicted octanol–water partition coefficient (Wildman–Crippen LogP) is 3.53. The monoisotopic (exact) mass is 384 g/mol. The number of carbonyl (C=O) groups is 2. The molecule has 2 aliphatic rings. The van der Waals surface area contributed by atoms with E-state index in [1.54, 1.807) is 12.1 Å². The summed E-state index contributed by atoms with van der Waals surface area (Å²) in [6, 6.07) is 15.1. The molecule has 5 heteroatoms. The summed E-state index contributed by atoms with van der Waals surface area (Å²) < 4.78 is 0.923. The van der Waals surface area contributed by atoms with Gasteiger partial charge in [0.2, 0.25) is 5.91 Å². The fourth-order valence-electron chi connectivity index (χ4n) is 3.61. The molecule has 2 amide bonds. The Bertz CT molecular complexity index is 803. The second kappa shape index (κ2) is 6.06. The second-order valence-corrected chi connectivity index (χ2v) is 7.11. The van der Waals surface area contributed by atoms with Crippen LogP contribution >= 0.6 is 15.9 Å². The van der Waals surface area contributed by atoms with Crippen LogP contribution in [0.4, 0.5) is 11.4 Å². The van der Waals surface area contributed by atoms with E-state index >= 15 is 0 Å². The van der Waals surface area contributed by atoms with Gasteiger partial charge in [-0.25, -0.2) is 4.90 Å². The zero-order valence-corrected chi connectivity index (χ0v) is 14.7. The van der Waals surface area contributed by atoms with Crippen molar-refractivity contribution < 1.29 is 9.59 Å². The molecule has 0 aliphatic carbocycles. The van der Waals surface area contributed by atoms with Gasteiger partial charge in [-0.05, 0) is 48.7 Å². The number of para-hydroxylation sites is 1. The summed E-state index contributed by atoms with van der Waals surface area (Å²) in [6.07, 6.45) is 2.27. The Kier molecular flexibility index (Phi) is 3.88.